The Balaban J connectivity index is 1.62. The molecular formula is C24H23BrN6O. The van der Waals surface area contributed by atoms with Crippen molar-refractivity contribution < 1.29 is 4.79 Å². The number of carbonyl (C=O) groups is 1. The molecule has 3 N–H and O–H groups in total. The molecule has 1 aliphatic carbocycles. The molecule has 1 fully saturated rings. The molecule has 0 spiro atoms. The predicted molar refractivity (Wildman–Crippen MR) is 131 cm³/mol. The van der Waals surface area contributed by atoms with Crippen LogP contribution in [0.25, 0.3) is 22.2 Å². The lowest BCUT2D eigenvalue weighted by Gasteiger charge is -2.22. The number of nitrogens with zero attached hydrogens (tertiary/aromatic N) is 4. The third-order valence-corrected chi connectivity index (χ3v) is 6.31. The van der Waals surface area contributed by atoms with Gasteiger partial charge in [-0.3, -0.25) is 4.79 Å². The minimum absolute atomic E-state index is 0.160. The van der Waals surface area contributed by atoms with Crippen molar-refractivity contribution in [2.45, 2.75) is 38.1 Å². The molecule has 162 valence electrons. The van der Waals surface area contributed by atoms with Gasteiger partial charge in [-0.15, -0.1) is 0 Å². The van der Waals surface area contributed by atoms with Crippen molar-refractivity contribution in [1.29, 1.82) is 0 Å². The molecule has 5 rings (SSSR count). The van der Waals surface area contributed by atoms with E-state index in [4.69, 9.17) is 15.7 Å². The zero-order valence-electron chi connectivity index (χ0n) is 17.5. The standard InChI is InChI=1S/C24H23BrN6O/c25-16-8-6-7-15(13-16)14-27-31-22(26)20(24(32)28-17-9-2-1-3-10-17)21-23(31)30-19-12-5-4-11-18(19)29-21/h4-8,11-14,17H,1-3,9-10,26H2,(H,28,32)/b27-14+. The Kier molecular flexibility index (Phi) is 5.61. The van der Waals surface area contributed by atoms with Crippen LogP contribution in [0.3, 0.4) is 0 Å². The summed E-state index contributed by atoms with van der Waals surface area (Å²) in [6.45, 7) is 0. The average Bonchev–Trinajstić information content (AvgIpc) is 3.07. The first-order valence-corrected chi connectivity index (χ1v) is 11.6. The first kappa shape index (κ1) is 20.6. The van der Waals surface area contributed by atoms with E-state index in [-0.39, 0.29) is 17.8 Å². The normalized spacial score (nSPS) is 15.0. The van der Waals surface area contributed by atoms with Gasteiger partial charge in [0.25, 0.3) is 5.91 Å². The summed E-state index contributed by atoms with van der Waals surface area (Å²) >= 11 is 3.47. The van der Waals surface area contributed by atoms with Gasteiger partial charge in [-0.25, -0.2) is 9.97 Å². The summed E-state index contributed by atoms with van der Waals surface area (Å²) in [6.07, 6.45) is 7.14. The number of benzene rings is 2. The van der Waals surface area contributed by atoms with Gasteiger partial charge in [0.05, 0.1) is 17.2 Å². The molecule has 0 aliphatic heterocycles. The number of rotatable bonds is 4. The van der Waals surface area contributed by atoms with Crippen LogP contribution in [-0.2, 0) is 0 Å². The molecule has 2 aromatic carbocycles. The van der Waals surface area contributed by atoms with Crippen molar-refractivity contribution in [1.82, 2.24) is 20.0 Å². The number of nitrogens with two attached hydrogens (primary N) is 1. The molecule has 0 saturated heterocycles. The zero-order chi connectivity index (χ0) is 22.1. The van der Waals surface area contributed by atoms with Crippen molar-refractivity contribution >= 4 is 56.1 Å². The molecule has 0 radical (unpaired) electrons. The SMILES string of the molecule is Nc1c(C(=O)NC2CCCCC2)c2nc3ccccc3nc2n1/N=C/c1cccc(Br)c1. The van der Waals surface area contributed by atoms with E-state index in [0.717, 1.165) is 41.2 Å². The summed E-state index contributed by atoms with van der Waals surface area (Å²) < 4.78 is 2.45. The lowest BCUT2D eigenvalue weighted by Crippen LogP contribution is -2.36. The van der Waals surface area contributed by atoms with Crippen molar-refractivity contribution in [2.24, 2.45) is 5.10 Å². The minimum Gasteiger partial charge on any atom is -0.383 e. The molecule has 32 heavy (non-hydrogen) atoms. The Hall–Kier alpha value is -3.26. The number of para-hydroxylation sites is 2. The van der Waals surface area contributed by atoms with Crippen LogP contribution in [0.5, 0.6) is 0 Å². The largest absolute Gasteiger partial charge is 0.383 e. The second-order valence-corrected chi connectivity index (χ2v) is 8.98. The Morgan fingerprint density at radius 3 is 2.59 bits per heavy atom. The summed E-state index contributed by atoms with van der Waals surface area (Å²) in [5, 5.41) is 7.72. The van der Waals surface area contributed by atoms with Crippen LogP contribution in [0, 0.1) is 0 Å². The quantitative estimate of drug-likeness (QED) is 0.398. The minimum atomic E-state index is -0.222. The van der Waals surface area contributed by atoms with Gasteiger partial charge in [0.2, 0.25) is 0 Å². The molecule has 1 amide bonds. The molecule has 7 nitrogen and oxygen atoms in total. The summed E-state index contributed by atoms with van der Waals surface area (Å²) in [6, 6.07) is 15.5. The van der Waals surface area contributed by atoms with Crippen LogP contribution >= 0.6 is 15.9 Å². The molecular weight excluding hydrogens is 468 g/mol. The van der Waals surface area contributed by atoms with E-state index in [0.29, 0.717) is 22.2 Å². The molecule has 0 unspecified atom stereocenters. The van der Waals surface area contributed by atoms with E-state index in [1.807, 2.05) is 48.5 Å². The third-order valence-electron chi connectivity index (χ3n) is 5.81. The fraction of sp³-hybridized carbons (Fsp3) is 0.250. The number of carbonyl (C=O) groups excluding carboxylic acids is 1. The number of halogens is 1. The van der Waals surface area contributed by atoms with E-state index < -0.39 is 0 Å². The molecule has 1 saturated carbocycles. The first-order chi connectivity index (χ1) is 15.6. The molecule has 0 bridgehead atoms. The zero-order valence-corrected chi connectivity index (χ0v) is 19.0. The van der Waals surface area contributed by atoms with Gasteiger partial charge in [0, 0.05) is 10.5 Å². The maximum atomic E-state index is 13.3. The van der Waals surface area contributed by atoms with Gasteiger partial charge < -0.3 is 11.1 Å². The van der Waals surface area contributed by atoms with Crippen molar-refractivity contribution in [3.63, 3.8) is 0 Å². The molecule has 1 aliphatic rings. The maximum absolute atomic E-state index is 13.3. The topological polar surface area (TPSA) is 98.2 Å². The fourth-order valence-corrected chi connectivity index (χ4v) is 4.62. The second kappa shape index (κ2) is 8.70. The van der Waals surface area contributed by atoms with E-state index in [1.165, 1.54) is 11.1 Å². The van der Waals surface area contributed by atoms with Gasteiger partial charge in [0.1, 0.15) is 16.9 Å². The second-order valence-electron chi connectivity index (χ2n) is 8.06. The highest BCUT2D eigenvalue weighted by atomic mass is 79.9. The number of anilines is 1. The van der Waals surface area contributed by atoms with Crippen LogP contribution in [0.4, 0.5) is 5.82 Å². The number of aromatic nitrogens is 3. The van der Waals surface area contributed by atoms with Gasteiger partial charge in [-0.1, -0.05) is 59.5 Å². The van der Waals surface area contributed by atoms with Gasteiger partial charge >= 0.3 is 0 Å². The predicted octanol–water partition coefficient (Wildman–Crippen LogP) is 4.87. The van der Waals surface area contributed by atoms with E-state index in [2.05, 4.69) is 26.3 Å². The van der Waals surface area contributed by atoms with Crippen LogP contribution in [0.2, 0.25) is 0 Å². The van der Waals surface area contributed by atoms with Crippen LogP contribution < -0.4 is 11.1 Å². The summed E-state index contributed by atoms with van der Waals surface area (Å²) in [5.41, 5.74) is 10.0. The molecule has 2 heterocycles. The van der Waals surface area contributed by atoms with Crippen molar-refractivity contribution in [2.75, 3.05) is 5.73 Å². The summed E-state index contributed by atoms with van der Waals surface area (Å²) in [5.74, 6) is 0.00949. The number of fused-ring (bicyclic) bond motifs is 2. The van der Waals surface area contributed by atoms with Gasteiger partial charge in [0.15, 0.2) is 5.65 Å². The molecule has 4 aromatic rings. The molecule has 8 heteroatoms. The lowest BCUT2D eigenvalue weighted by molar-refractivity contribution is 0.0930. The molecule has 0 atom stereocenters. The van der Waals surface area contributed by atoms with E-state index in [1.54, 1.807) is 6.21 Å². The van der Waals surface area contributed by atoms with Crippen molar-refractivity contribution in [3.8, 4) is 0 Å². The highest BCUT2D eigenvalue weighted by Gasteiger charge is 2.26. The monoisotopic (exact) mass is 490 g/mol. The number of nitrogen functional groups attached to an aromatic ring is 1. The number of hydrogen-bond donors (Lipinski definition) is 2. The number of nitrogens with one attached hydrogen (secondary N) is 1. The molecule has 2 aromatic heterocycles. The Morgan fingerprint density at radius 1 is 1.09 bits per heavy atom. The third kappa shape index (κ3) is 3.98. The fourth-order valence-electron chi connectivity index (χ4n) is 4.20. The smallest absolute Gasteiger partial charge is 0.257 e. The van der Waals surface area contributed by atoms with Crippen molar-refractivity contribution in [3.05, 3.63) is 64.1 Å². The Morgan fingerprint density at radius 2 is 1.84 bits per heavy atom. The first-order valence-electron chi connectivity index (χ1n) is 10.8. The van der Waals surface area contributed by atoms with Crippen LogP contribution in [0.15, 0.2) is 58.1 Å². The summed E-state index contributed by atoms with van der Waals surface area (Å²) in [7, 11) is 0. The van der Waals surface area contributed by atoms with E-state index in [9.17, 15) is 4.79 Å². The van der Waals surface area contributed by atoms with Crippen LogP contribution in [-0.4, -0.2) is 32.8 Å². The Labute approximate surface area is 193 Å². The average molecular weight is 491 g/mol. The Bertz CT molecular complexity index is 1340. The lowest BCUT2D eigenvalue weighted by atomic mass is 9.95. The highest BCUT2D eigenvalue weighted by Crippen LogP contribution is 2.28. The number of amides is 1. The maximum Gasteiger partial charge on any atom is 0.257 e. The highest BCUT2D eigenvalue weighted by molar-refractivity contribution is 9.10. The van der Waals surface area contributed by atoms with Gasteiger partial charge in [-0.05, 0) is 42.7 Å². The van der Waals surface area contributed by atoms with E-state index >= 15 is 0 Å². The van der Waals surface area contributed by atoms with Gasteiger partial charge in [-0.2, -0.15) is 9.78 Å². The van der Waals surface area contributed by atoms with Crippen LogP contribution in [0.1, 0.15) is 48.0 Å². The number of hydrogen-bond acceptors (Lipinski definition) is 5. The summed E-state index contributed by atoms with van der Waals surface area (Å²) in [4.78, 5) is 22.8.